The summed E-state index contributed by atoms with van der Waals surface area (Å²) in [5, 5.41) is 0. The van der Waals surface area contributed by atoms with Gasteiger partial charge in [-0.2, -0.15) is 12.6 Å². The lowest BCUT2D eigenvalue weighted by Crippen LogP contribution is -2.17. The minimum atomic E-state index is -0.289. The van der Waals surface area contributed by atoms with Gasteiger partial charge in [0, 0.05) is 26.5 Å². The summed E-state index contributed by atoms with van der Waals surface area (Å²) in [4.78, 5) is 31.8. The largest absolute Gasteiger partial charge is 0.466 e. The van der Waals surface area contributed by atoms with Gasteiger partial charge in [-0.3, -0.25) is 14.4 Å². The molecule has 0 aromatic heterocycles. The second-order valence-corrected chi connectivity index (χ2v) is 26.2. The van der Waals surface area contributed by atoms with Crippen molar-refractivity contribution in [3.05, 3.63) is 149 Å². The highest BCUT2D eigenvalue weighted by Gasteiger charge is 2.13. The monoisotopic (exact) mass is 1440 g/mol. The highest BCUT2D eigenvalue weighted by molar-refractivity contribution is 7.80. The maximum Gasteiger partial charge on any atom is 0.302 e. The molecule has 5 aromatic rings. The molecule has 0 aliphatic rings. The van der Waals surface area contributed by atoms with E-state index in [1.54, 1.807) is 0 Å². The molecule has 0 bridgehead atoms. The summed E-state index contributed by atoms with van der Waals surface area (Å²) in [5.41, 5.74) is 6.70. The van der Waals surface area contributed by atoms with Gasteiger partial charge in [-0.15, -0.1) is 0 Å². The van der Waals surface area contributed by atoms with Crippen LogP contribution in [0.5, 0.6) is 28.7 Å². The molecule has 0 aliphatic heterocycles. The minimum absolute atomic E-state index is 0.175. The minimum Gasteiger partial charge on any atom is -0.466 e. The summed E-state index contributed by atoms with van der Waals surface area (Å²) in [6.45, 7) is 42.5. The van der Waals surface area contributed by atoms with Crippen molar-refractivity contribution in [2.45, 2.75) is 282 Å². The van der Waals surface area contributed by atoms with E-state index in [0.29, 0.717) is 81.6 Å². The van der Waals surface area contributed by atoms with E-state index in [4.69, 9.17) is 61.6 Å². The molecule has 10 atom stereocenters. The average molecular weight is 1440 g/mol. The van der Waals surface area contributed by atoms with E-state index in [1.165, 1.54) is 61.4 Å². The van der Waals surface area contributed by atoms with Gasteiger partial charge in [0.25, 0.3) is 0 Å². The zero-order chi connectivity index (χ0) is 75.9. The Morgan fingerprint density at radius 1 is 0.275 bits per heavy atom. The highest BCUT2D eigenvalue weighted by Crippen LogP contribution is 2.27. The molecule has 0 fully saturated rings. The second kappa shape index (κ2) is 59.0. The van der Waals surface area contributed by atoms with E-state index in [0.717, 1.165) is 112 Å². The summed E-state index contributed by atoms with van der Waals surface area (Å²) in [6, 6.07) is 41.2. The molecule has 0 saturated carbocycles. The molecular formula is C85H134O16S. The van der Waals surface area contributed by atoms with Gasteiger partial charge in [0.05, 0.1) is 52.9 Å². The summed E-state index contributed by atoms with van der Waals surface area (Å²) < 4.78 is 70.9. The highest BCUT2D eigenvalue weighted by atomic mass is 32.1. The van der Waals surface area contributed by atoms with Crippen molar-refractivity contribution in [1.82, 2.24) is 0 Å². The Kier molecular flexibility index (Phi) is 54.2. The molecule has 0 heterocycles. The van der Waals surface area contributed by atoms with Crippen molar-refractivity contribution in [1.29, 1.82) is 0 Å². The molecule has 102 heavy (non-hydrogen) atoms. The molecule has 0 amide bonds. The molecule has 5 aromatic carbocycles. The molecular weight excluding hydrogens is 1310 g/mol. The molecule has 0 radical (unpaired) electrons. The van der Waals surface area contributed by atoms with Crippen molar-refractivity contribution in [3.8, 4) is 28.7 Å². The van der Waals surface area contributed by atoms with Crippen molar-refractivity contribution in [2.75, 3.05) is 58.6 Å². The van der Waals surface area contributed by atoms with Gasteiger partial charge < -0.3 is 61.6 Å². The maximum absolute atomic E-state index is 10.6. The van der Waals surface area contributed by atoms with Gasteiger partial charge in [0.1, 0.15) is 28.7 Å². The van der Waals surface area contributed by atoms with Crippen LogP contribution >= 0.6 is 12.6 Å². The first-order valence-electron chi connectivity index (χ1n) is 37.8. The third-order valence-corrected chi connectivity index (χ3v) is 17.1. The van der Waals surface area contributed by atoms with Gasteiger partial charge in [0.2, 0.25) is 0 Å². The number of rotatable bonds is 46. The number of esters is 3. The van der Waals surface area contributed by atoms with Crippen molar-refractivity contribution in [3.63, 3.8) is 0 Å². The molecule has 16 nitrogen and oxygen atoms in total. The van der Waals surface area contributed by atoms with Crippen LogP contribution in [0.25, 0.3) is 0 Å². The molecule has 5 rings (SSSR count). The Hall–Kier alpha value is -6.34. The Labute approximate surface area is 622 Å². The SMILES string of the molecule is CCC(C)c1ccc(OC(C)OCCCCOC(C)=O)cc1.CCC(C)c1ccc(OC(C)OCCCCOC(C)=O)cc1.CCC(C)c1ccc(OC(C)OCCCCOC(C)=O)cc1.CCC(C)c1ccc(OC(C)OCCS)cc1.CCCCCOC(C)Oc1ccc(C(C)CC)cc1. The number of benzene rings is 5. The third-order valence-electron chi connectivity index (χ3n) is 17.0. The zero-order valence-electron chi connectivity index (χ0n) is 66.1. The standard InChI is InChI=1S/3C18H28O4.C17H28O2.C14H22O2S/c3*1-5-14(2)17-8-10-18(11-9-17)22-16(4)21-13-7-6-12-20-15(3)19;1-5-7-8-13-18-15(4)19-17-11-9-16(10-12-17)14(3)6-2;1-4-11(2)13-5-7-14(8-6-13)16-12(3)15-9-10-17/h3*8-11,14,16H,5-7,12-13H2,1-4H3;9-12,14-15H,5-8,13H2,1-4H3;5-8,11-12,17H,4,9-10H2,1-3H3. The first-order chi connectivity index (χ1) is 48.9. The summed E-state index contributed by atoms with van der Waals surface area (Å²) in [6.07, 6.45) is 12.9. The van der Waals surface area contributed by atoms with E-state index in [9.17, 15) is 14.4 Å². The molecule has 0 spiro atoms. The summed E-state index contributed by atoms with van der Waals surface area (Å²) in [7, 11) is 0. The fourth-order valence-corrected chi connectivity index (χ4v) is 9.61. The average Bonchev–Trinajstić information content (AvgIpc) is 1.44. The fraction of sp³-hybridized carbons (Fsp3) is 0.612. The van der Waals surface area contributed by atoms with Crippen molar-refractivity contribution in [2.24, 2.45) is 0 Å². The van der Waals surface area contributed by atoms with Crippen LogP contribution in [0.1, 0.15) is 279 Å². The molecule has 17 heteroatoms. The number of unbranched alkanes of at least 4 members (excludes halogenated alkanes) is 5. The number of carbonyl (C=O) groups excluding carboxylic acids is 3. The quantitative estimate of drug-likeness (QED) is 0.0128. The number of hydrogen-bond donors (Lipinski definition) is 1. The Morgan fingerprint density at radius 3 is 0.618 bits per heavy atom. The molecule has 10 unspecified atom stereocenters. The number of ether oxygens (including phenoxy) is 13. The van der Waals surface area contributed by atoms with Gasteiger partial charge in [-0.25, -0.2) is 0 Å². The lowest BCUT2D eigenvalue weighted by molar-refractivity contribution is -0.142. The predicted octanol–water partition coefficient (Wildman–Crippen LogP) is 21.9. The van der Waals surface area contributed by atoms with Gasteiger partial charge in [0.15, 0.2) is 31.5 Å². The van der Waals surface area contributed by atoms with Crippen LogP contribution in [0.2, 0.25) is 0 Å². The van der Waals surface area contributed by atoms with E-state index >= 15 is 0 Å². The van der Waals surface area contributed by atoms with Gasteiger partial charge in [-0.05, 0) is 230 Å². The van der Waals surface area contributed by atoms with Crippen LogP contribution in [0.15, 0.2) is 121 Å². The Balaban J connectivity index is 0.000000639. The van der Waals surface area contributed by atoms with Crippen molar-refractivity contribution < 1.29 is 76.0 Å². The molecule has 0 saturated heterocycles. The van der Waals surface area contributed by atoms with Gasteiger partial charge in [-0.1, -0.05) is 150 Å². The topological polar surface area (TPSA) is 171 Å². The summed E-state index contributed by atoms with van der Waals surface area (Å²) >= 11 is 4.09. The smallest absolute Gasteiger partial charge is 0.302 e. The fourth-order valence-electron chi connectivity index (χ4n) is 9.51. The van der Waals surface area contributed by atoms with Crippen LogP contribution in [-0.4, -0.2) is 108 Å². The van der Waals surface area contributed by atoms with Gasteiger partial charge >= 0.3 is 17.9 Å². The predicted molar refractivity (Wildman–Crippen MR) is 417 cm³/mol. The van der Waals surface area contributed by atoms with E-state index in [1.807, 2.05) is 95.3 Å². The Bertz CT molecular complexity index is 2620. The first kappa shape index (κ1) is 93.7. The van der Waals surface area contributed by atoms with Crippen LogP contribution in [-0.2, 0) is 52.3 Å². The van der Waals surface area contributed by atoms with Crippen LogP contribution in [0.4, 0.5) is 0 Å². The van der Waals surface area contributed by atoms with Crippen LogP contribution < -0.4 is 23.7 Å². The number of thiol groups is 1. The first-order valence-corrected chi connectivity index (χ1v) is 38.5. The number of carbonyl (C=O) groups is 3. The normalized spacial score (nSPS) is 13.7. The molecule has 0 aliphatic carbocycles. The van der Waals surface area contributed by atoms with E-state index < -0.39 is 0 Å². The van der Waals surface area contributed by atoms with E-state index in [-0.39, 0.29) is 49.4 Å². The zero-order valence-corrected chi connectivity index (χ0v) is 67.0. The third kappa shape index (κ3) is 47.1. The molecule has 0 N–H and O–H groups in total. The lowest BCUT2D eigenvalue weighted by Gasteiger charge is -2.16. The molecule has 576 valence electrons. The number of hydrogen-bond acceptors (Lipinski definition) is 17. The Morgan fingerprint density at radius 2 is 0.451 bits per heavy atom. The van der Waals surface area contributed by atoms with E-state index in [2.05, 4.69) is 149 Å². The van der Waals surface area contributed by atoms with Crippen molar-refractivity contribution >= 4 is 30.5 Å². The maximum atomic E-state index is 10.6. The van der Waals surface area contributed by atoms with Crippen LogP contribution in [0.3, 0.4) is 0 Å². The second-order valence-electron chi connectivity index (χ2n) is 25.7. The lowest BCUT2D eigenvalue weighted by atomic mass is 9.99. The van der Waals surface area contributed by atoms with Crippen LogP contribution in [0, 0.1) is 0 Å². The summed E-state index contributed by atoms with van der Waals surface area (Å²) in [5.74, 6) is 7.10.